The molecule has 30 heavy (non-hydrogen) atoms. The molecule has 0 radical (unpaired) electrons. The monoisotopic (exact) mass is 432 g/mol. The number of fused-ring (bicyclic) bond motifs is 3. The molecule has 0 spiro atoms. The number of ketones is 1. The number of Topliss-reactive ketones (excluding diaryl/α,β-unsaturated/α-hetero) is 1. The van der Waals surface area contributed by atoms with Crippen molar-refractivity contribution >= 4 is 29.3 Å². The first kappa shape index (κ1) is 21.1. The van der Waals surface area contributed by atoms with E-state index in [2.05, 4.69) is 5.43 Å². The fourth-order valence-electron chi connectivity index (χ4n) is 4.92. The summed E-state index contributed by atoms with van der Waals surface area (Å²) in [5.41, 5.74) is 5.64. The maximum absolute atomic E-state index is 13.3. The Bertz CT molecular complexity index is 876. The highest BCUT2D eigenvalue weighted by molar-refractivity contribution is 6.20. The van der Waals surface area contributed by atoms with Gasteiger partial charge in [0.2, 0.25) is 5.91 Å². The second-order valence-corrected chi connectivity index (χ2v) is 9.25. The van der Waals surface area contributed by atoms with Gasteiger partial charge in [-0.1, -0.05) is 24.6 Å². The van der Waals surface area contributed by atoms with Crippen molar-refractivity contribution in [2.24, 2.45) is 5.92 Å². The van der Waals surface area contributed by atoms with Gasteiger partial charge in [-0.25, -0.2) is 9.80 Å². The third-order valence-corrected chi connectivity index (χ3v) is 6.85. The summed E-state index contributed by atoms with van der Waals surface area (Å²) in [7, 11) is 0. The molecule has 2 heterocycles. The zero-order valence-corrected chi connectivity index (χ0v) is 18.5. The number of hydrogen-bond acceptors (Lipinski definition) is 4. The fraction of sp³-hybridized carbons (Fsp3) is 0.591. The van der Waals surface area contributed by atoms with Crippen LogP contribution in [0.25, 0.3) is 0 Å². The molecule has 0 aromatic heterocycles. The van der Waals surface area contributed by atoms with Gasteiger partial charge < -0.3 is 4.90 Å². The molecule has 4 rings (SSSR count). The summed E-state index contributed by atoms with van der Waals surface area (Å²) in [4.78, 5) is 43.0. The Morgan fingerprint density at radius 2 is 2.00 bits per heavy atom. The number of urea groups is 1. The molecule has 4 unspecified atom stereocenters. The maximum Gasteiger partial charge on any atom is 0.337 e. The molecule has 1 aromatic carbocycles. The minimum absolute atomic E-state index is 0.0455. The zero-order valence-electron chi connectivity index (χ0n) is 17.7. The van der Waals surface area contributed by atoms with Crippen LogP contribution in [0.1, 0.15) is 54.1 Å². The average Bonchev–Trinajstić information content (AvgIpc) is 3.03. The molecular formula is C22H29ClN4O3. The van der Waals surface area contributed by atoms with Crippen LogP contribution in [-0.2, 0) is 4.79 Å². The van der Waals surface area contributed by atoms with Crippen molar-refractivity contribution in [1.29, 1.82) is 0 Å². The first-order valence-corrected chi connectivity index (χ1v) is 11.2. The molecular weight excluding hydrogens is 404 g/mol. The van der Waals surface area contributed by atoms with Crippen molar-refractivity contribution in [3.05, 3.63) is 34.9 Å². The standard InChI is InChI=1S/C22H29ClN4O3/c1-4-9-25-20(29)16-8-7-15(23)11-18(16)27-21(25)24-26(22(27)30)12-19(28)17-10-13(2)5-6-14(17)3/h5-6,10,15-16,18,21,24H,4,7-9,11-12H2,1-3H3. The van der Waals surface area contributed by atoms with Gasteiger partial charge in [-0.2, -0.15) is 5.43 Å². The van der Waals surface area contributed by atoms with Gasteiger partial charge in [0, 0.05) is 23.5 Å². The second kappa shape index (κ2) is 8.19. The Morgan fingerprint density at radius 3 is 2.73 bits per heavy atom. The van der Waals surface area contributed by atoms with Crippen molar-refractivity contribution in [1.82, 2.24) is 20.2 Å². The summed E-state index contributed by atoms with van der Waals surface area (Å²) in [6, 6.07) is 5.25. The van der Waals surface area contributed by atoms with Gasteiger partial charge in [0.05, 0.1) is 5.92 Å². The van der Waals surface area contributed by atoms with Crippen LogP contribution in [0.2, 0.25) is 0 Å². The number of benzene rings is 1. The number of aryl methyl sites for hydroxylation is 2. The van der Waals surface area contributed by atoms with E-state index < -0.39 is 6.29 Å². The van der Waals surface area contributed by atoms with Gasteiger partial charge >= 0.3 is 6.03 Å². The quantitative estimate of drug-likeness (QED) is 0.573. The number of carbonyl (C=O) groups is 3. The largest absolute Gasteiger partial charge is 0.337 e. The lowest BCUT2D eigenvalue weighted by Gasteiger charge is -2.49. The van der Waals surface area contributed by atoms with Crippen molar-refractivity contribution in [3.8, 4) is 0 Å². The van der Waals surface area contributed by atoms with E-state index in [-0.39, 0.29) is 41.6 Å². The topological polar surface area (TPSA) is 73.0 Å². The second-order valence-electron chi connectivity index (χ2n) is 8.64. The molecule has 3 aliphatic rings. The summed E-state index contributed by atoms with van der Waals surface area (Å²) in [5.74, 6) is -0.265. The SMILES string of the molecule is CCCN1C(=O)C2CCC(Cl)CC2N2C(=O)N(CC(=O)c3cc(C)ccc3C)NC12. The minimum atomic E-state index is -0.556. The lowest BCUT2D eigenvalue weighted by Crippen LogP contribution is -2.67. The number of alkyl halides is 1. The summed E-state index contributed by atoms with van der Waals surface area (Å²) in [5, 5.41) is 1.32. The van der Waals surface area contributed by atoms with Crippen molar-refractivity contribution in [2.75, 3.05) is 13.1 Å². The molecule has 1 aromatic rings. The van der Waals surface area contributed by atoms with Gasteiger partial charge in [-0.15, -0.1) is 11.6 Å². The van der Waals surface area contributed by atoms with Crippen LogP contribution >= 0.6 is 11.6 Å². The molecule has 162 valence electrons. The van der Waals surface area contributed by atoms with Gasteiger partial charge in [0.15, 0.2) is 12.1 Å². The van der Waals surface area contributed by atoms with Crippen LogP contribution in [0.5, 0.6) is 0 Å². The Balaban J connectivity index is 1.59. The molecule has 2 saturated heterocycles. The highest BCUT2D eigenvalue weighted by Crippen LogP contribution is 2.39. The molecule has 3 fully saturated rings. The molecule has 0 bridgehead atoms. The predicted molar refractivity (Wildman–Crippen MR) is 114 cm³/mol. The summed E-state index contributed by atoms with van der Waals surface area (Å²) in [6.07, 6.45) is 2.31. The number of halogens is 1. The zero-order chi connectivity index (χ0) is 21.6. The van der Waals surface area contributed by atoms with Crippen LogP contribution < -0.4 is 5.43 Å². The van der Waals surface area contributed by atoms with Gasteiger partial charge in [0.25, 0.3) is 0 Å². The lowest BCUT2D eigenvalue weighted by atomic mass is 9.80. The highest BCUT2D eigenvalue weighted by atomic mass is 35.5. The van der Waals surface area contributed by atoms with E-state index in [1.54, 1.807) is 9.80 Å². The summed E-state index contributed by atoms with van der Waals surface area (Å²) < 4.78 is 0. The van der Waals surface area contributed by atoms with Gasteiger partial charge in [-0.3, -0.25) is 14.5 Å². The minimum Gasteiger partial charge on any atom is -0.308 e. The van der Waals surface area contributed by atoms with Gasteiger partial charge in [-0.05, 0) is 51.2 Å². The number of rotatable bonds is 5. The Labute approximate surface area is 182 Å². The van der Waals surface area contributed by atoms with E-state index in [0.29, 0.717) is 24.9 Å². The molecule has 7 nitrogen and oxygen atoms in total. The van der Waals surface area contributed by atoms with E-state index >= 15 is 0 Å². The van der Waals surface area contributed by atoms with Crippen molar-refractivity contribution in [3.63, 3.8) is 0 Å². The molecule has 4 atom stereocenters. The van der Waals surface area contributed by atoms with E-state index in [0.717, 1.165) is 24.0 Å². The van der Waals surface area contributed by atoms with Crippen LogP contribution in [0.3, 0.4) is 0 Å². The third-order valence-electron chi connectivity index (χ3n) is 6.45. The number of carbonyl (C=O) groups excluding carboxylic acids is 3. The normalized spacial score (nSPS) is 28.6. The van der Waals surface area contributed by atoms with E-state index in [1.165, 1.54) is 5.01 Å². The van der Waals surface area contributed by atoms with Crippen LogP contribution in [0, 0.1) is 19.8 Å². The number of nitrogens with one attached hydrogen (secondary N) is 1. The number of hydrogen-bond donors (Lipinski definition) is 1. The third kappa shape index (κ3) is 3.58. The number of amides is 3. The first-order chi connectivity index (χ1) is 14.3. The molecule has 8 heteroatoms. The van der Waals surface area contributed by atoms with E-state index in [9.17, 15) is 14.4 Å². The molecule has 1 N–H and O–H groups in total. The van der Waals surface area contributed by atoms with Crippen LogP contribution in [0.4, 0.5) is 4.79 Å². The fourth-order valence-corrected chi connectivity index (χ4v) is 5.23. The first-order valence-electron chi connectivity index (χ1n) is 10.7. The highest BCUT2D eigenvalue weighted by Gasteiger charge is 2.55. The van der Waals surface area contributed by atoms with Crippen molar-refractivity contribution in [2.45, 2.75) is 64.2 Å². The Kier molecular flexibility index (Phi) is 5.77. The summed E-state index contributed by atoms with van der Waals surface area (Å²) >= 11 is 6.40. The molecule has 1 saturated carbocycles. The number of nitrogens with zero attached hydrogens (tertiary/aromatic N) is 3. The van der Waals surface area contributed by atoms with Crippen LogP contribution in [-0.4, -0.2) is 63.3 Å². The maximum atomic E-state index is 13.3. The van der Waals surface area contributed by atoms with Crippen LogP contribution in [0.15, 0.2) is 18.2 Å². The smallest absolute Gasteiger partial charge is 0.308 e. The Hall–Kier alpha value is -2.12. The van der Waals surface area contributed by atoms with Crippen molar-refractivity contribution < 1.29 is 14.4 Å². The van der Waals surface area contributed by atoms with E-state index in [4.69, 9.17) is 11.6 Å². The number of hydrazine groups is 1. The predicted octanol–water partition coefficient (Wildman–Crippen LogP) is 3.04. The average molecular weight is 433 g/mol. The van der Waals surface area contributed by atoms with Gasteiger partial charge in [0.1, 0.15) is 6.54 Å². The lowest BCUT2D eigenvalue weighted by molar-refractivity contribution is -0.155. The Morgan fingerprint density at radius 1 is 1.23 bits per heavy atom. The summed E-state index contributed by atoms with van der Waals surface area (Å²) in [6.45, 7) is 6.33. The van der Waals surface area contributed by atoms with E-state index in [1.807, 2.05) is 39.0 Å². The molecule has 3 amide bonds. The molecule has 2 aliphatic heterocycles. The molecule has 1 aliphatic carbocycles.